The fourth-order valence-electron chi connectivity index (χ4n) is 1.93. The molecule has 0 spiro atoms. The number of hydrogen-bond acceptors (Lipinski definition) is 4. The van der Waals surface area contributed by atoms with Crippen LogP contribution in [0, 0.1) is 0 Å². The number of aryl methyl sites for hydroxylation is 1. The van der Waals surface area contributed by atoms with Crippen LogP contribution < -0.4 is 10.1 Å². The molecule has 0 saturated carbocycles. The molecular weight excluding hydrogens is 286 g/mol. The molecule has 1 aromatic heterocycles. The lowest BCUT2D eigenvalue weighted by atomic mass is 10.1. The van der Waals surface area contributed by atoms with Crippen molar-refractivity contribution in [3.05, 3.63) is 52.2 Å². The number of nitrogens with one attached hydrogen (secondary N) is 1. The van der Waals surface area contributed by atoms with Crippen molar-refractivity contribution in [2.45, 2.75) is 18.9 Å². The summed E-state index contributed by atoms with van der Waals surface area (Å²) < 4.78 is 5.09. The summed E-state index contributed by atoms with van der Waals surface area (Å²) in [6, 6.07) is 11.4. The first-order chi connectivity index (χ1) is 10.2. The molecule has 0 bridgehead atoms. The summed E-state index contributed by atoms with van der Waals surface area (Å²) in [4.78, 5) is 12.6. The molecule has 2 aromatic rings. The molecule has 21 heavy (non-hydrogen) atoms. The van der Waals surface area contributed by atoms with Crippen molar-refractivity contribution in [1.29, 1.82) is 0 Å². The van der Waals surface area contributed by atoms with Crippen LogP contribution in [0.1, 0.15) is 23.0 Å². The molecule has 2 N–H and O–H groups in total. The number of thiophene rings is 1. The smallest absolute Gasteiger partial charge is 0.220 e. The minimum Gasteiger partial charge on any atom is -0.497 e. The molecular formula is C16H19NO3S. The van der Waals surface area contributed by atoms with Crippen LogP contribution >= 0.6 is 11.3 Å². The average Bonchev–Trinajstić information content (AvgIpc) is 3.05. The van der Waals surface area contributed by atoms with E-state index in [1.54, 1.807) is 7.11 Å². The monoisotopic (exact) mass is 305 g/mol. The minimum atomic E-state index is -0.630. The van der Waals surface area contributed by atoms with Crippen LogP contribution in [0.4, 0.5) is 0 Å². The van der Waals surface area contributed by atoms with Gasteiger partial charge >= 0.3 is 0 Å². The second kappa shape index (κ2) is 7.81. The topological polar surface area (TPSA) is 58.6 Å². The number of carbonyl (C=O) groups is 1. The fraction of sp³-hybridized carbons (Fsp3) is 0.312. The lowest BCUT2D eigenvalue weighted by Crippen LogP contribution is -2.28. The number of carbonyl (C=O) groups excluding carboxylic acids is 1. The molecule has 2 rings (SSSR count). The van der Waals surface area contributed by atoms with E-state index in [2.05, 4.69) is 5.32 Å². The predicted octanol–water partition coefficient (Wildman–Crippen LogP) is 2.54. The molecule has 1 atom stereocenters. The van der Waals surface area contributed by atoms with E-state index in [9.17, 15) is 9.90 Å². The Balaban J connectivity index is 1.71. The van der Waals surface area contributed by atoms with E-state index in [-0.39, 0.29) is 12.5 Å². The molecule has 0 fully saturated rings. The van der Waals surface area contributed by atoms with Crippen LogP contribution in [0.3, 0.4) is 0 Å². The third kappa shape index (κ3) is 4.88. The SMILES string of the molecule is COc1ccc(CCC(=O)NCC(O)c2cccs2)cc1. The summed E-state index contributed by atoms with van der Waals surface area (Å²) in [6.07, 6.45) is 0.448. The van der Waals surface area contributed by atoms with Crippen LogP contribution in [-0.2, 0) is 11.2 Å². The maximum atomic E-state index is 11.8. The van der Waals surface area contributed by atoms with Gasteiger partial charge in [-0.05, 0) is 35.6 Å². The molecule has 0 aliphatic heterocycles. The van der Waals surface area contributed by atoms with Crippen molar-refractivity contribution in [1.82, 2.24) is 5.32 Å². The van der Waals surface area contributed by atoms with Crippen LogP contribution in [0.5, 0.6) is 5.75 Å². The standard InChI is InChI=1S/C16H19NO3S/c1-20-13-7-4-12(5-8-13)6-9-16(19)17-11-14(18)15-3-2-10-21-15/h2-5,7-8,10,14,18H,6,9,11H2,1H3,(H,17,19). The Hall–Kier alpha value is -1.85. The Bertz CT molecular complexity index is 551. The lowest BCUT2D eigenvalue weighted by Gasteiger charge is -2.10. The molecule has 0 aliphatic rings. The highest BCUT2D eigenvalue weighted by molar-refractivity contribution is 7.10. The van der Waals surface area contributed by atoms with E-state index in [1.165, 1.54) is 11.3 Å². The highest BCUT2D eigenvalue weighted by Gasteiger charge is 2.10. The highest BCUT2D eigenvalue weighted by Crippen LogP contribution is 2.17. The molecule has 4 nitrogen and oxygen atoms in total. The molecule has 1 unspecified atom stereocenters. The van der Waals surface area contributed by atoms with Gasteiger partial charge in [0.1, 0.15) is 11.9 Å². The normalized spacial score (nSPS) is 11.9. The molecule has 1 heterocycles. The molecule has 0 radical (unpaired) electrons. The van der Waals surface area contributed by atoms with Gasteiger partial charge in [-0.2, -0.15) is 0 Å². The maximum Gasteiger partial charge on any atom is 0.220 e. The van der Waals surface area contributed by atoms with Gasteiger partial charge in [0.15, 0.2) is 0 Å². The van der Waals surface area contributed by atoms with Crippen molar-refractivity contribution in [2.24, 2.45) is 0 Å². The number of rotatable bonds is 7. The fourth-order valence-corrected chi connectivity index (χ4v) is 2.64. The van der Waals surface area contributed by atoms with E-state index >= 15 is 0 Å². The number of benzene rings is 1. The Labute approximate surface area is 128 Å². The van der Waals surface area contributed by atoms with E-state index in [0.717, 1.165) is 16.2 Å². The second-order valence-corrected chi connectivity index (χ2v) is 5.66. The van der Waals surface area contributed by atoms with Crippen molar-refractivity contribution in [2.75, 3.05) is 13.7 Å². The molecule has 5 heteroatoms. The first kappa shape index (κ1) is 15.5. The summed E-state index contributed by atoms with van der Waals surface area (Å²) in [7, 11) is 1.63. The van der Waals surface area contributed by atoms with Gasteiger partial charge in [0.2, 0.25) is 5.91 Å². The zero-order valence-electron chi connectivity index (χ0n) is 11.9. The van der Waals surface area contributed by atoms with Crippen molar-refractivity contribution < 1.29 is 14.6 Å². The second-order valence-electron chi connectivity index (χ2n) is 4.68. The lowest BCUT2D eigenvalue weighted by molar-refractivity contribution is -0.121. The Morgan fingerprint density at radius 1 is 1.33 bits per heavy atom. The van der Waals surface area contributed by atoms with Gasteiger partial charge in [-0.15, -0.1) is 11.3 Å². The summed E-state index contributed by atoms with van der Waals surface area (Å²) in [5.74, 6) is 0.753. The molecule has 0 saturated heterocycles. The summed E-state index contributed by atoms with van der Waals surface area (Å²) in [6.45, 7) is 0.252. The van der Waals surface area contributed by atoms with Crippen molar-refractivity contribution >= 4 is 17.2 Å². The summed E-state index contributed by atoms with van der Waals surface area (Å²) >= 11 is 1.48. The van der Waals surface area contributed by atoms with Crippen LogP contribution in [-0.4, -0.2) is 24.7 Å². The van der Waals surface area contributed by atoms with Crippen LogP contribution in [0.2, 0.25) is 0 Å². The molecule has 112 valence electrons. The van der Waals surface area contributed by atoms with Crippen molar-refractivity contribution in [3.8, 4) is 5.75 Å². The number of hydrogen-bond donors (Lipinski definition) is 2. The first-order valence-corrected chi connectivity index (χ1v) is 7.68. The Morgan fingerprint density at radius 2 is 2.10 bits per heavy atom. The van der Waals surface area contributed by atoms with Gasteiger partial charge in [0, 0.05) is 17.8 Å². The van der Waals surface area contributed by atoms with Gasteiger partial charge < -0.3 is 15.2 Å². The number of aliphatic hydroxyl groups excluding tert-OH is 1. The quantitative estimate of drug-likeness (QED) is 0.826. The predicted molar refractivity (Wildman–Crippen MR) is 83.6 cm³/mol. The number of methoxy groups -OCH3 is 1. The van der Waals surface area contributed by atoms with E-state index in [1.807, 2.05) is 41.8 Å². The number of aliphatic hydroxyl groups is 1. The number of ether oxygens (including phenoxy) is 1. The Kier molecular flexibility index (Phi) is 5.78. The number of amides is 1. The summed E-state index contributed by atoms with van der Waals surface area (Å²) in [5.41, 5.74) is 1.09. The van der Waals surface area contributed by atoms with Crippen LogP contribution in [0.15, 0.2) is 41.8 Å². The van der Waals surface area contributed by atoms with Gasteiger partial charge in [-0.3, -0.25) is 4.79 Å². The zero-order chi connectivity index (χ0) is 15.1. The Morgan fingerprint density at radius 3 is 2.71 bits per heavy atom. The molecule has 1 amide bonds. The van der Waals surface area contributed by atoms with E-state index in [4.69, 9.17) is 4.74 Å². The molecule has 0 aliphatic carbocycles. The van der Waals surface area contributed by atoms with E-state index < -0.39 is 6.10 Å². The largest absolute Gasteiger partial charge is 0.497 e. The highest BCUT2D eigenvalue weighted by atomic mass is 32.1. The van der Waals surface area contributed by atoms with Gasteiger partial charge in [0.25, 0.3) is 0 Å². The van der Waals surface area contributed by atoms with Gasteiger partial charge in [-0.25, -0.2) is 0 Å². The summed E-state index contributed by atoms with van der Waals surface area (Å²) in [5, 5.41) is 14.5. The average molecular weight is 305 g/mol. The van der Waals surface area contributed by atoms with Gasteiger partial charge in [-0.1, -0.05) is 18.2 Å². The first-order valence-electron chi connectivity index (χ1n) is 6.80. The third-order valence-electron chi connectivity index (χ3n) is 3.16. The zero-order valence-corrected chi connectivity index (χ0v) is 12.7. The van der Waals surface area contributed by atoms with E-state index in [0.29, 0.717) is 12.8 Å². The maximum absolute atomic E-state index is 11.8. The molecule has 1 aromatic carbocycles. The third-order valence-corrected chi connectivity index (χ3v) is 4.14. The van der Waals surface area contributed by atoms with Crippen LogP contribution in [0.25, 0.3) is 0 Å². The van der Waals surface area contributed by atoms with Gasteiger partial charge in [0.05, 0.1) is 7.11 Å². The minimum absolute atomic E-state index is 0.0542. The van der Waals surface area contributed by atoms with Crippen molar-refractivity contribution in [3.63, 3.8) is 0 Å².